The van der Waals surface area contributed by atoms with Crippen LogP contribution >= 0.6 is 0 Å². The van der Waals surface area contributed by atoms with Gasteiger partial charge in [-0.15, -0.1) is 0 Å². The number of aromatic nitrogens is 2. The number of rotatable bonds is 4. The van der Waals surface area contributed by atoms with Crippen molar-refractivity contribution in [3.63, 3.8) is 0 Å². The van der Waals surface area contributed by atoms with Crippen LogP contribution in [-0.4, -0.2) is 21.5 Å². The fourth-order valence-corrected chi connectivity index (χ4v) is 3.16. The Bertz CT molecular complexity index is 775. The summed E-state index contributed by atoms with van der Waals surface area (Å²) in [6.07, 6.45) is -0.00315. The number of fused-ring (bicyclic) bond motifs is 1. The summed E-state index contributed by atoms with van der Waals surface area (Å²) < 4.78 is 53.4. The first-order valence-electron chi connectivity index (χ1n) is 8.09. The van der Waals surface area contributed by atoms with Crippen molar-refractivity contribution in [2.75, 3.05) is 6.61 Å². The minimum Gasteiger partial charge on any atom is -0.389 e. The Morgan fingerprint density at radius 2 is 1.88 bits per heavy atom. The van der Waals surface area contributed by atoms with Crippen molar-refractivity contribution < 1.29 is 22.7 Å². The number of aliphatic hydroxyl groups excluding tert-OH is 1. The van der Waals surface area contributed by atoms with E-state index in [0.29, 0.717) is 30.7 Å². The lowest BCUT2D eigenvalue weighted by atomic mass is 9.92. The summed E-state index contributed by atoms with van der Waals surface area (Å²) in [4.78, 5) is 0. The molecule has 0 spiro atoms. The third kappa shape index (κ3) is 3.76. The van der Waals surface area contributed by atoms with Gasteiger partial charge in [0, 0.05) is 12.1 Å². The number of benzene rings is 1. The van der Waals surface area contributed by atoms with Crippen molar-refractivity contribution in [2.24, 2.45) is 0 Å². The van der Waals surface area contributed by atoms with E-state index in [-0.39, 0.29) is 0 Å². The van der Waals surface area contributed by atoms with Crippen LogP contribution in [0.25, 0.3) is 5.57 Å². The summed E-state index contributed by atoms with van der Waals surface area (Å²) in [5.41, 5.74) is 2.19. The van der Waals surface area contributed by atoms with Crippen LogP contribution in [0.15, 0.2) is 36.3 Å². The smallest absolute Gasteiger partial charge is 0.389 e. The average Bonchev–Trinajstić information content (AvgIpc) is 3.02. The van der Waals surface area contributed by atoms with Crippen LogP contribution in [0, 0.1) is 0 Å². The quantitative estimate of drug-likeness (QED) is 0.838. The zero-order valence-corrected chi connectivity index (χ0v) is 13.5. The molecule has 0 radical (unpaired) electrons. The summed E-state index contributed by atoms with van der Waals surface area (Å²) in [6.45, 7) is -0.207. The van der Waals surface area contributed by atoms with Crippen LogP contribution in [0.5, 0.6) is 0 Å². The highest BCUT2D eigenvalue weighted by Gasteiger charge is 2.30. The number of alkyl halides is 3. The first-order chi connectivity index (χ1) is 11.9. The van der Waals surface area contributed by atoms with Crippen LogP contribution in [-0.2, 0) is 25.6 Å². The number of allylic oxidation sites excluding steroid dienone is 1. The second kappa shape index (κ2) is 7.00. The van der Waals surface area contributed by atoms with Gasteiger partial charge in [0.25, 0.3) is 0 Å². The van der Waals surface area contributed by atoms with Crippen molar-refractivity contribution in [2.45, 2.75) is 38.4 Å². The molecule has 0 saturated heterocycles. The molecule has 0 unspecified atom stereocenters. The van der Waals surface area contributed by atoms with Crippen LogP contribution in [0.1, 0.15) is 35.2 Å². The van der Waals surface area contributed by atoms with Crippen LogP contribution < -0.4 is 0 Å². The maximum atomic E-state index is 14.0. The molecular weight excluding hydrogens is 336 g/mol. The standard InChI is InChI=1S/C18H18F4N2O/c19-16(11-25)15-3-1-2-13-10-23-24(17(13)15)9-8-12-4-6-14(7-5-12)18(20,21)22/h4-7,10,25H,1-3,8-9,11H2/b16-15-. The van der Waals surface area contributed by atoms with Gasteiger partial charge in [0.2, 0.25) is 0 Å². The highest BCUT2D eigenvalue weighted by Crippen LogP contribution is 2.33. The molecule has 1 heterocycles. The van der Waals surface area contributed by atoms with Gasteiger partial charge < -0.3 is 5.11 Å². The Hall–Kier alpha value is -2.15. The highest BCUT2D eigenvalue weighted by molar-refractivity contribution is 5.69. The first-order valence-corrected chi connectivity index (χ1v) is 8.09. The van der Waals surface area contributed by atoms with Gasteiger partial charge in [0.15, 0.2) is 0 Å². The molecule has 1 aromatic heterocycles. The molecule has 1 aliphatic carbocycles. The lowest BCUT2D eigenvalue weighted by Gasteiger charge is -2.18. The topological polar surface area (TPSA) is 38.1 Å². The molecule has 0 amide bonds. The van der Waals surface area contributed by atoms with Crippen LogP contribution in [0.3, 0.4) is 0 Å². The molecule has 0 bridgehead atoms. The van der Waals surface area contributed by atoms with Gasteiger partial charge in [-0.3, -0.25) is 4.68 Å². The first kappa shape index (κ1) is 17.7. The zero-order chi connectivity index (χ0) is 18.0. The third-order valence-corrected chi connectivity index (χ3v) is 4.43. The van der Waals surface area contributed by atoms with E-state index in [2.05, 4.69) is 5.10 Å². The van der Waals surface area contributed by atoms with Crippen molar-refractivity contribution in [3.05, 3.63) is 58.7 Å². The van der Waals surface area contributed by atoms with Crippen molar-refractivity contribution >= 4 is 5.57 Å². The van der Waals surface area contributed by atoms with Gasteiger partial charge >= 0.3 is 6.18 Å². The van der Waals surface area contributed by atoms with E-state index in [9.17, 15) is 17.6 Å². The Labute approximate surface area is 142 Å². The van der Waals surface area contributed by atoms with E-state index in [0.717, 1.165) is 36.1 Å². The monoisotopic (exact) mass is 354 g/mol. The molecule has 134 valence electrons. The average molecular weight is 354 g/mol. The number of halogens is 4. The predicted octanol–water partition coefficient (Wildman–Crippen LogP) is 4.15. The number of aryl methyl sites for hydroxylation is 3. The number of nitrogens with zero attached hydrogens (tertiary/aromatic N) is 2. The van der Waals surface area contributed by atoms with E-state index in [1.165, 1.54) is 12.1 Å². The van der Waals surface area contributed by atoms with Gasteiger partial charge in [0.05, 0.1) is 24.1 Å². The molecule has 1 aliphatic rings. The second-order valence-electron chi connectivity index (χ2n) is 6.08. The summed E-state index contributed by atoms with van der Waals surface area (Å²) in [6, 6.07) is 5.02. The van der Waals surface area contributed by atoms with Crippen molar-refractivity contribution in [3.8, 4) is 0 Å². The molecule has 25 heavy (non-hydrogen) atoms. The molecule has 3 rings (SSSR count). The van der Waals surface area contributed by atoms with Gasteiger partial charge in [-0.25, -0.2) is 4.39 Å². The Balaban J connectivity index is 1.78. The molecule has 1 aromatic carbocycles. The van der Waals surface area contributed by atoms with Gasteiger partial charge in [-0.2, -0.15) is 18.3 Å². The molecule has 0 aliphatic heterocycles. The molecule has 2 aromatic rings. The molecule has 0 atom stereocenters. The third-order valence-electron chi connectivity index (χ3n) is 4.43. The van der Waals surface area contributed by atoms with Crippen LogP contribution in [0.4, 0.5) is 17.6 Å². The molecule has 0 saturated carbocycles. The summed E-state index contributed by atoms with van der Waals surface area (Å²) >= 11 is 0. The minimum absolute atomic E-state index is 0.433. The number of hydrogen-bond donors (Lipinski definition) is 1. The molecule has 7 heteroatoms. The van der Waals surface area contributed by atoms with E-state index < -0.39 is 24.2 Å². The number of aliphatic hydroxyl groups is 1. The van der Waals surface area contributed by atoms with Crippen LogP contribution in [0.2, 0.25) is 0 Å². The van der Waals surface area contributed by atoms with E-state index >= 15 is 0 Å². The number of hydrogen-bond acceptors (Lipinski definition) is 2. The molecule has 0 fully saturated rings. The second-order valence-corrected chi connectivity index (χ2v) is 6.08. The predicted molar refractivity (Wildman–Crippen MR) is 85.4 cm³/mol. The molecule has 1 N–H and O–H groups in total. The Morgan fingerprint density at radius 3 is 2.52 bits per heavy atom. The normalized spacial score (nSPS) is 16.7. The van der Waals surface area contributed by atoms with Gasteiger partial charge in [-0.05, 0) is 48.9 Å². The largest absolute Gasteiger partial charge is 0.416 e. The maximum Gasteiger partial charge on any atom is 0.416 e. The molecular formula is C18H18F4N2O. The Morgan fingerprint density at radius 1 is 1.16 bits per heavy atom. The summed E-state index contributed by atoms with van der Waals surface area (Å²) in [7, 11) is 0. The lowest BCUT2D eigenvalue weighted by molar-refractivity contribution is -0.137. The van der Waals surface area contributed by atoms with Crippen molar-refractivity contribution in [1.29, 1.82) is 0 Å². The summed E-state index contributed by atoms with van der Waals surface area (Å²) in [5.74, 6) is -0.544. The van der Waals surface area contributed by atoms with E-state index in [1.54, 1.807) is 10.9 Å². The lowest BCUT2D eigenvalue weighted by Crippen LogP contribution is -2.12. The van der Waals surface area contributed by atoms with Crippen molar-refractivity contribution in [1.82, 2.24) is 9.78 Å². The van der Waals surface area contributed by atoms with E-state index in [4.69, 9.17) is 5.11 Å². The summed E-state index contributed by atoms with van der Waals surface area (Å²) in [5, 5.41) is 13.4. The zero-order valence-electron chi connectivity index (χ0n) is 13.5. The minimum atomic E-state index is -4.35. The van der Waals surface area contributed by atoms with E-state index in [1.807, 2.05) is 0 Å². The SMILES string of the molecule is OC/C(F)=C1\CCCc2cnn(CCc3ccc(C(F)(F)F)cc3)c21. The Kier molecular flexibility index (Phi) is 4.94. The van der Waals surface area contributed by atoms with Gasteiger partial charge in [-0.1, -0.05) is 12.1 Å². The van der Waals surface area contributed by atoms with Gasteiger partial charge in [0.1, 0.15) is 5.83 Å². The fourth-order valence-electron chi connectivity index (χ4n) is 3.16. The fraction of sp³-hybridized carbons (Fsp3) is 0.389. The highest BCUT2D eigenvalue weighted by atomic mass is 19.4. The maximum absolute atomic E-state index is 14.0. The molecule has 3 nitrogen and oxygen atoms in total.